The number of ether oxygens (including phenoxy) is 2. The van der Waals surface area contributed by atoms with Crippen LogP contribution in [0.1, 0.15) is 5.56 Å². The van der Waals surface area contributed by atoms with Gasteiger partial charge in [-0.25, -0.2) is 0 Å². The Balaban J connectivity index is 3.34. The molecule has 0 aliphatic carbocycles. The smallest absolute Gasteiger partial charge is 0.307 e. The number of carboxylic acids is 1. The summed E-state index contributed by atoms with van der Waals surface area (Å²) in [6.45, 7) is 0. The highest BCUT2D eigenvalue weighted by molar-refractivity contribution is 9.10. The van der Waals surface area contributed by atoms with Crippen molar-refractivity contribution in [2.45, 2.75) is 6.42 Å². The molecule has 0 saturated heterocycles. The van der Waals surface area contributed by atoms with Crippen LogP contribution in [0.15, 0.2) is 10.5 Å². The van der Waals surface area contributed by atoms with Crippen molar-refractivity contribution >= 4 is 21.9 Å². The first-order valence-electron chi connectivity index (χ1n) is 4.31. The summed E-state index contributed by atoms with van der Waals surface area (Å²) in [5, 5.41) is 8.67. The second-order valence-electron chi connectivity index (χ2n) is 2.97. The lowest BCUT2D eigenvalue weighted by atomic mass is 10.1. The van der Waals surface area contributed by atoms with Crippen LogP contribution >= 0.6 is 15.9 Å². The predicted molar refractivity (Wildman–Crippen MR) is 58.5 cm³/mol. The van der Waals surface area contributed by atoms with E-state index in [-0.39, 0.29) is 23.5 Å². The van der Waals surface area contributed by atoms with Gasteiger partial charge in [0.15, 0.2) is 11.5 Å². The fourth-order valence-corrected chi connectivity index (χ4v) is 1.95. The van der Waals surface area contributed by atoms with Gasteiger partial charge in [0, 0.05) is 5.56 Å². The molecule has 6 heteroatoms. The van der Waals surface area contributed by atoms with E-state index in [1.54, 1.807) is 0 Å². The summed E-state index contributed by atoms with van der Waals surface area (Å²) in [5.74, 6) is -1.89. The van der Waals surface area contributed by atoms with Crippen LogP contribution in [-0.4, -0.2) is 25.3 Å². The maximum absolute atomic E-state index is 13.8. The molecule has 1 aromatic rings. The second-order valence-corrected chi connectivity index (χ2v) is 3.82. The van der Waals surface area contributed by atoms with Crippen molar-refractivity contribution in [1.29, 1.82) is 0 Å². The largest absolute Gasteiger partial charge is 0.493 e. The SMILES string of the molecule is COc1c(Br)cc(CC(=O)O)c(OC)c1F. The summed E-state index contributed by atoms with van der Waals surface area (Å²) in [7, 11) is 2.59. The zero-order valence-corrected chi connectivity index (χ0v) is 10.3. The molecule has 0 aliphatic rings. The quantitative estimate of drug-likeness (QED) is 0.925. The molecule has 16 heavy (non-hydrogen) atoms. The monoisotopic (exact) mass is 292 g/mol. The molecule has 1 rings (SSSR count). The zero-order valence-electron chi connectivity index (χ0n) is 8.71. The van der Waals surface area contributed by atoms with Crippen molar-refractivity contribution in [2.75, 3.05) is 14.2 Å². The lowest BCUT2D eigenvalue weighted by molar-refractivity contribution is -0.136. The summed E-state index contributed by atoms with van der Waals surface area (Å²) in [5.41, 5.74) is 0.250. The van der Waals surface area contributed by atoms with Gasteiger partial charge < -0.3 is 14.6 Å². The number of rotatable bonds is 4. The first kappa shape index (κ1) is 12.8. The van der Waals surface area contributed by atoms with Gasteiger partial charge in [0.05, 0.1) is 25.1 Å². The van der Waals surface area contributed by atoms with Crippen LogP contribution in [0, 0.1) is 5.82 Å². The lowest BCUT2D eigenvalue weighted by Crippen LogP contribution is -2.05. The summed E-state index contributed by atoms with van der Waals surface area (Å²) in [4.78, 5) is 10.6. The maximum atomic E-state index is 13.8. The first-order valence-corrected chi connectivity index (χ1v) is 5.11. The van der Waals surface area contributed by atoms with E-state index in [4.69, 9.17) is 14.6 Å². The van der Waals surface area contributed by atoms with Crippen molar-refractivity contribution in [1.82, 2.24) is 0 Å². The third-order valence-corrected chi connectivity index (χ3v) is 2.55. The van der Waals surface area contributed by atoms with Gasteiger partial charge in [-0.3, -0.25) is 4.79 Å². The van der Waals surface area contributed by atoms with Crippen LogP contribution in [0.2, 0.25) is 0 Å². The Morgan fingerprint density at radius 2 is 2.00 bits per heavy atom. The fourth-order valence-electron chi connectivity index (χ4n) is 1.34. The standard InChI is InChI=1S/C10H10BrFO4/c1-15-9-5(4-7(13)14)3-6(11)10(16-2)8(9)12/h3H,4H2,1-2H3,(H,13,14). The van der Waals surface area contributed by atoms with Crippen LogP contribution < -0.4 is 9.47 Å². The molecule has 0 radical (unpaired) electrons. The molecular weight excluding hydrogens is 283 g/mol. The van der Waals surface area contributed by atoms with E-state index in [9.17, 15) is 9.18 Å². The van der Waals surface area contributed by atoms with Crippen molar-refractivity contribution in [3.8, 4) is 11.5 Å². The van der Waals surface area contributed by atoms with E-state index < -0.39 is 11.8 Å². The molecule has 4 nitrogen and oxygen atoms in total. The third-order valence-electron chi connectivity index (χ3n) is 1.96. The number of hydrogen-bond donors (Lipinski definition) is 1. The predicted octanol–water partition coefficient (Wildman–Crippen LogP) is 2.23. The molecule has 1 N–H and O–H groups in total. The number of carboxylic acid groups (broad SMARTS) is 1. The first-order chi connectivity index (χ1) is 7.51. The van der Waals surface area contributed by atoms with Gasteiger partial charge in [-0.2, -0.15) is 4.39 Å². The van der Waals surface area contributed by atoms with Crippen LogP contribution in [0.25, 0.3) is 0 Å². The van der Waals surface area contributed by atoms with E-state index in [1.807, 2.05) is 0 Å². The van der Waals surface area contributed by atoms with Gasteiger partial charge in [-0.05, 0) is 22.0 Å². The zero-order chi connectivity index (χ0) is 12.3. The Labute approximate surface area is 100 Å². The number of hydrogen-bond acceptors (Lipinski definition) is 3. The Kier molecular flexibility index (Phi) is 4.12. The topological polar surface area (TPSA) is 55.8 Å². The van der Waals surface area contributed by atoms with E-state index in [1.165, 1.54) is 20.3 Å². The Hall–Kier alpha value is -1.30. The summed E-state index contributed by atoms with van der Waals surface area (Å²) < 4.78 is 23.8. The van der Waals surface area contributed by atoms with Gasteiger partial charge in [-0.1, -0.05) is 0 Å². The van der Waals surface area contributed by atoms with Crippen molar-refractivity contribution in [3.05, 3.63) is 21.9 Å². The normalized spacial score (nSPS) is 10.0. The highest BCUT2D eigenvalue weighted by Crippen LogP contribution is 2.37. The van der Waals surface area contributed by atoms with Crippen LogP contribution in [0.3, 0.4) is 0 Å². The van der Waals surface area contributed by atoms with Crippen LogP contribution in [0.4, 0.5) is 4.39 Å². The van der Waals surface area contributed by atoms with Gasteiger partial charge in [0.25, 0.3) is 0 Å². The van der Waals surface area contributed by atoms with E-state index in [0.717, 1.165) is 0 Å². The molecule has 0 unspecified atom stereocenters. The highest BCUT2D eigenvalue weighted by Gasteiger charge is 2.19. The number of methoxy groups -OCH3 is 2. The molecule has 0 amide bonds. The molecule has 0 aliphatic heterocycles. The molecule has 0 spiro atoms. The second kappa shape index (κ2) is 5.16. The summed E-state index contributed by atoms with van der Waals surface area (Å²) in [6, 6.07) is 1.47. The molecule has 0 bridgehead atoms. The number of benzene rings is 1. The van der Waals surface area contributed by atoms with Gasteiger partial charge in [-0.15, -0.1) is 0 Å². The van der Waals surface area contributed by atoms with E-state index in [2.05, 4.69) is 15.9 Å². The Morgan fingerprint density at radius 1 is 1.44 bits per heavy atom. The molecular formula is C10H10BrFO4. The summed E-state index contributed by atoms with van der Waals surface area (Å²) in [6.07, 6.45) is -0.317. The fraction of sp³-hybridized carbons (Fsp3) is 0.300. The Bertz CT molecular complexity index is 420. The Morgan fingerprint density at radius 3 is 2.44 bits per heavy atom. The molecule has 0 heterocycles. The minimum atomic E-state index is -1.06. The summed E-state index contributed by atoms with van der Waals surface area (Å²) >= 11 is 3.10. The van der Waals surface area contributed by atoms with Crippen LogP contribution in [0.5, 0.6) is 11.5 Å². The molecule has 1 aromatic carbocycles. The van der Waals surface area contributed by atoms with E-state index in [0.29, 0.717) is 4.47 Å². The van der Waals surface area contributed by atoms with Crippen molar-refractivity contribution < 1.29 is 23.8 Å². The molecule has 0 atom stereocenters. The van der Waals surface area contributed by atoms with E-state index >= 15 is 0 Å². The average Bonchev–Trinajstić information content (AvgIpc) is 2.17. The molecule has 0 fully saturated rings. The molecule has 0 saturated carbocycles. The number of carbonyl (C=O) groups is 1. The van der Waals surface area contributed by atoms with Crippen molar-refractivity contribution in [2.24, 2.45) is 0 Å². The third kappa shape index (κ3) is 2.44. The average molecular weight is 293 g/mol. The number of halogens is 2. The minimum absolute atomic E-state index is 0.00834. The van der Waals surface area contributed by atoms with Gasteiger partial charge >= 0.3 is 5.97 Å². The van der Waals surface area contributed by atoms with Gasteiger partial charge in [0.1, 0.15) is 0 Å². The van der Waals surface area contributed by atoms with Crippen LogP contribution in [-0.2, 0) is 11.2 Å². The lowest BCUT2D eigenvalue weighted by Gasteiger charge is -2.12. The number of aliphatic carboxylic acids is 1. The van der Waals surface area contributed by atoms with Gasteiger partial charge in [0.2, 0.25) is 5.82 Å². The highest BCUT2D eigenvalue weighted by atomic mass is 79.9. The van der Waals surface area contributed by atoms with Crippen molar-refractivity contribution in [3.63, 3.8) is 0 Å². The minimum Gasteiger partial charge on any atom is -0.493 e. The molecule has 88 valence electrons. The maximum Gasteiger partial charge on any atom is 0.307 e. The molecule has 0 aromatic heterocycles.